The van der Waals surface area contributed by atoms with E-state index in [4.69, 9.17) is 4.98 Å². The van der Waals surface area contributed by atoms with Crippen molar-refractivity contribution in [3.8, 4) is 33.8 Å². The van der Waals surface area contributed by atoms with Gasteiger partial charge in [0.15, 0.2) is 11.5 Å². The molecule has 0 fully saturated rings. The first-order valence-corrected chi connectivity index (χ1v) is 11.9. The minimum absolute atomic E-state index is 0.309. The molecule has 184 valence electrons. The molecule has 4 N–H and O–H groups in total. The topological polar surface area (TPSA) is 128 Å². The molecular formula is C27H23FN8O. The van der Waals surface area contributed by atoms with Crippen molar-refractivity contribution in [3.63, 3.8) is 0 Å². The van der Waals surface area contributed by atoms with Gasteiger partial charge in [-0.2, -0.15) is 5.10 Å². The van der Waals surface area contributed by atoms with Gasteiger partial charge in [-0.1, -0.05) is 19.4 Å². The Bertz CT molecular complexity index is 1710. The number of aromatic nitrogens is 7. The maximum atomic E-state index is 16.0. The Morgan fingerprint density at radius 3 is 2.76 bits per heavy atom. The van der Waals surface area contributed by atoms with Crippen molar-refractivity contribution in [3.05, 3.63) is 73.2 Å². The standard InChI is InChI=1S/C27H23FN8O/c1-2-4-21(37)32-17-11-16(13-30-14-17)18-6-7-20-22(23(18)28)25(36-35-20)27-33-24-19(8-10-31-26(24)34-27)15-5-3-9-29-12-15/h3,5-14,21,32,37H,2,4H2,1H3,(H,35,36)(H,31,33,34). The molecule has 0 aliphatic carbocycles. The molecule has 1 atom stereocenters. The van der Waals surface area contributed by atoms with Crippen LogP contribution >= 0.6 is 0 Å². The van der Waals surface area contributed by atoms with Gasteiger partial charge in [0.25, 0.3) is 0 Å². The molecule has 5 aromatic heterocycles. The molecule has 0 aliphatic heterocycles. The maximum Gasteiger partial charge on any atom is 0.161 e. The van der Waals surface area contributed by atoms with Crippen LogP contribution in [0.15, 0.2) is 67.4 Å². The third-order valence-corrected chi connectivity index (χ3v) is 6.19. The van der Waals surface area contributed by atoms with Crippen molar-refractivity contribution in [2.75, 3.05) is 5.32 Å². The Morgan fingerprint density at radius 1 is 1.03 bits per heavy atom. The van der Waals surface area contributed by atoms with Crippen LogP contribution in [0.5, 0.6) is 0 Å². The van der Waals surface area contributed by atoms with E-state index in [-0.39, 0.29) is 0 Å². The molecule has 0 saturated heterocycles. The maximum absolute atomic E-state index is 16.0. The summed E-state index contributed by atoms with van der Waals surface area (Å²) in [6.07, 6.45) is 9.08. The second-order valence-electron chi connectivity index (χ2n) is 8.72. The number of H-pyrrole nitrogens is 2. The molecule has 5 heterocycles. The number of aliphatic hydroxyl groups is 1. The van der Waals surface area contributed by atoms with E-state index in [1.165, 1.54) is 0 Å². The fourth-order valence-electron chi connectivity index (χ4n) is 4.45. The smallest absolute Gasteiger partial charge is 0.161 e. The lowest BCUT2D eigenvalue weighted by atomic mass is 10.0. The van der Waals surface area contributed by atoms with Crippen molar-refractivity contribution in [1.82, 2.24) is 35.1 Å². The summed E-state index contributed by atoms with van der Waals surface area (Å²) < 4.78 is 16.0. The Morgan fingerprint density at radius 2 is 1.92 bits per heavy atom. The highest BCUT2D eigenvalue weighted by molar-refractivity contribution is 5.98. The first kappa shape index (κ1) is 22.7. The molecule has 9 nitrogen and oxygen atoms in total. The number of nitrogens with zero attached hydrogens (tertiary/aromatic N) is 5. The summed E-state index contributed by atoms with van der Waals surface area (Å²) in [4.78, 5) is 20.8. The van der Waals surface area contributed by atoms with Gasteiger partial charge < -0.3 is 15.4 Å². The van der Waals surface area contributed by atoms with Gasteiger partial charge in [-0.05, 0) is 36.8 Å². The Kier molecular flexibility index (Phi) is 5.78. The third kappa shape index (κ3) is 4.17. The van der Waals surface area contributed by atoms with Gasteiger partial charge in [-0.3, -0.25) is 15.1 Å². The van der Waals surface area contributed by atoms with E-state index in [1.54, 1.807) is 49.2 Å². The molecule has 0 amide bonds. The summed E-state index contributed by atoms with van der Waals surface area (Å²) in [6, 6.07) is 10.9. The van der Waals surface area contributed by atoms with Crippen LogP contribution in [-0.2, 0) is 0 Å². The summed E-state index contributed by atoms with van der Waals surface area (Å²) in [5, 5.41) is 20.7. The molecule has 6 aromatic rings. The number of rotatable bonds is 7. The van der Waals surface area contributed by atoms with Gasteiger partial charge in [0.2, 0.25) is 0 Å². The number of hydrogen-bond donors (Lipinski definition) is 4. The predicted molar refractivity (Wildman–Crippen MR) is 140 cm³/mol. The highest BCUT2D eigenvalue weighted by Crippen LogP contribution is 2.35. The van der Waals surface area contributed by atoms with Crippen LogP contribution in [0.1, 0.15) is 19.8 Å². The van der Waals surface area contributed by atoms with E-state index < -0.39 is 12.0 Å². The predicted octanol–water partition coefficient (Wildman–Crippen LogP) is 5.29. The van der Waals surface area contributed by atoms with Gasteiger partial charge in [-0.25, -0.2) is 14.4 Å². The highest BCUT2D eigenvalue weighted by Gasteiger charge is 2.21. The largest absolute Gasteiger partial charge is 0.374 e. The van der Waals surface area contributed by atoms with Crippen molar-refractivity contribution < 1.29 is 9.50 Å². The Hall–Kier alpha value is -4.70. The Balaban J connectivity index is 1.44. The van der Waals surface area contributed by atoms with Crippen LogP contribution in [0.3, 0.4) is 0 Å². The number of halogens is 1. The highest BCUT2D eigenvalue weighted by atomic mass is 19.1. The number of fused-ring (bicyclic) bond motifs is 2. The summed E-state index contributed by atoms with van der Waals surface area (Å²) >= 11 is 0. The lowest BCUT2D eigenvalue weighted by Gasteiger charge is -2.14. The second kappa shape index (κ2) is 9.40. The SMILES string of the molecule is CCCC(O)Nc1cncc(-c2ccc3[nH]nc(-c4nc5c(-c6cccnc6)ccnc5[nH]4)c3c2F)c1. The zero-order valence-electron chi connectivity index (χ0n) is 19.9. The number of aromatic amines is 2. The van der Waals surface area contributed by atoms with Crippen molar-refractivity contribution in [2.24, 2.45) is 0 Å². The number of imidazole rings is 1. The second-order valence-corrected chi connectivity index (χ2v) is 8.72. The molecule has 0 bridgehead atoms. The molecular weight excluding hydrogens is 471 g/mol. The lowest BCUT2D eigenvalue weighted by Crippen LogP contribution is -2.18. The number of anilines is 1. The first-order chi connectivity index (χ1) is 18.1. The van der Waals surface area contributed by atoms with E-state index in [2.05, 4.69) is 35.5 Å². The number of nitrogens with one attached hydrogen (secondary N) is 3. The van der Waals surface area contributed by atoms with E-state index >= 15 is 4.39 Å². The minimum Gasteiger partial charge on any atom is -0.374 e. The van der Waals surface area contributed by atoms with Crippen LogP contribution in [0.2, 0.25) is 0 Å². The van der Waals surface area contributed by atoms with Crippen LogP contribution in [0, 0.1) is 5.82 Å². The van der Waals surface area contributed by atoms with Crippen LogP contribution in [-0.4, -0.2) is 46.5 Å². The monoisotopic (exact) mass is 494 g/mol. The average molecular weight is 495 g/mol. The van der Waals surface area contributed by atoms with E-state index in [0.29, 0.717) is 56.8 Å². The zero-order chi connectivity index (χ0) is 25.4. The van der Waals surface area contributed by atoms with Crippen molar-refractivity contribution in [1.29, 1.82) is 0 Å². The number of pyridine rings is 3. The fraction of sp³-hybridized carbons (Fsp3) is 0.148. The van der Waals surface area contributed by atoms with E-state index in [0.717, 1.165) is 17.5 Å². The van der Waals surface area contributed by atoms with Gasteiger partial charge in [0, 0.05) is 47.0 Å². The van der Waals surface area contributed by atoms with Gasteiger partial charge in [0.1, 0.15) is 23.3 Å². The van der Waals surface area contributed by atoms with Crippen LogP contribution < -0.4 is 5.32 Å². The van der Waals surface area contributed by atoms with Gasteiger partial charge >= 0.3 is 0 Å². The molecule has 1 aromatic carbocycles. The fourth-order valence-corrected chi connectivity index (χ4v) is 4.45. The molecule has 0 saturated carbocycles. The van der Waals surface area contributed by atoms with Crippen LogP contribution in [0.4, 0.5) is 10.1 Å². The van der Waals surface area contributed by atoms with Crippen molar-refractivity contribution in [2.45, 2.75) is 26.0 Å². The van der Waals surface area contributed by atoms with Crippen LogP contribution in [0.25, 0.3) is 55.8 Å². The normalized spacial score (nSPS) is 12.3. The number of hydrogen-bond acceptors (Lipinski definition) is 7. The Labute approximate surface area is 210 Å². The molecule has 0 radical (unpaired) electrons. The number of aliphatic hydroxyl groups excluding tert-OH is 1. The lowest BCUT2D eigenvalue weighted by molar-refractivity contribution is 0.192. The molecule has 6 rings (SSSR count). The zero-order valence-corrected chi connectivity index (χ0v) is 19.9. The third-order valence-electron chi connectivity index (χ3n) is 6.19. The molecule has 37 heavy (non-hydrogen) atoms. The summed E-state index contributed by atoms with van der Waals surface area (Å²) in [7, 11) is 0. The van der Waals surface area contributed by atoms with Crippen molar-refractivity contribution >= 4 is 27.8 Å². The minimum atomic E-state index is -0.701. The van der Waals surface area contributed by atoms with E-state index in [1.807, 2.05) is 25.1 Å². The summed E-state index contributed by atoms with van der Waals surface area (Å²) in [5.74, 6) is -0.0485. The van der Waals surface area contributed by atoms with E-state index in [9.17, 15) is 5.11 Å². The summed E-state index contributed by atoms with van der Waals surface area (Å²) in [6.45, 7) is 1.99. The number of benzene rings is 1. The van der Waals surface area contributed by atoms with Gasteiger partial charge in [-0.15, -0.1) is 0 Å². The van der Waals surface area contributed by atoms with Gasteiger partial charge in [0.05, 0.1) is 22.8 Å². The molecule has 1 unspecified atom stereocenters. The molecule has 0 spiro atoms. The first-order valence-electron chi connectivity index (χ1n) is 11.9. The average Bonchev–Trinajstić information content (AvgIpc) is 3.54. The quantitative estimate of drug-likeness (QED) is 0.222. The summed E-state index contributed by atoms with van der Waals surface area (Å²) in [5.41, 5.74) is 5.41. The molecule has 0 aliphatic rings. The molecule has 10 heteroatoms.